The normalized spacial score (nSPS) is 11.9. The largest absolute Gasteiger partial charge is 0.394 e. The molecule has 0 aromatic heterocycles. The van der Waals surface area contributed by atoms with Gasteiger partial charge in [-0.15, -0.1) is 0 Å². The van der Waals surface area contributed by atoms with Crippen molar-refractivity contribution < 1.29 is 8.85 Å². The predicted molar refractivity (Wildman–Crippen MR) is 125 cm³/mol. The van der Waals surface area contributed by atoms with Crippen LogP contribution in [0, 0.1) is 0 Å². The molecule has 1 rings (SSSR count). The van der Waals surface area contributed by atoms with Crippen molar-refractivity contribution in [2.24, 2.45) is 0 Å². The monoisotopic (exact) mass is 426 g/mol. The first-order valence-electron chi connectivity index (χ1n) is 11.7. The number of benzene rings is 1. The van der Waals surface area contributed by atoms with E-state index in [-0.39, 0.29) is 0 Å². The Balaban J connectivity index is 2.11. The summed E-state index contributed by atoms with van der Waals surface area (Å²) < 4.78 is 12.7. The number of rotatable bonds is 18. The van der Waals surface area contributed by atoms with E-state index < -0.39 is 8.56 Å². The number of halogens is 1. The summed E-state index contributed by atoms with van der Waals surface area (Å²) in [4.78, 5) is 0. The third-order valence-corrected chi connectivity index (χ3v) is 9.41. The summed E-state index contributed by atoms with van der Waals surface area (Å²) in [6, 6.07) is 9.94. The van der Waals surface area contributed by atoms with Gasteiger partial charge in [-0.25, -0.2) is 0 Å². The highest BCUT2D eigenvalue weighted by atomic mass is 35.5. The second-order valence-electron chi connectivity index (χ2n) is 7.92. The fourth-order valence-corrected chi connectivity index (χ4v) is 5.99. The van der Waals surface area contributed by atoms with Crippen molar-refractivity contribution in [1.29, 1.82) is 0 Å². The van der Waals surface area contributed by atoms with Crippen LogP contribution in [0.5, 0.6) is 0 Å². The molecule has 0 saturated heterocycles. The fraction of sp³-hybridized carbons (Fsp3) is 0.750. The topological polar surface area (TPSA) is 18.5 Å². The van der Waals surface area contributed by atoms with Crippen LogP contribution in [0.15, 0.2) is 24.3 Å². The van der Waals surface area contributed by atoms with Crippen LogP contribution < -0.4 is 0 Å². The van der Waals surface area contributed by atoms with E-state index >= 15 is 0 Å². The average Bonchev–Trinajstić information content (AvgIpc) is 2.72. The molecule has 1 aromatic carbocycles. The molecule has 4 heteroatoms. The van der Waals surface area contributed by atoms with Gasteiger partial charge in [0.25, 0.3) is 0 Å². The zero-order valence-electron chi connectivity index (χ0n) is 18.6. The summed E-state index contributed by atoms with van der Waals surface area (Å²) in [5, 5.41) is 0.769. The predicted octanol–water partition coefficient (Wildman–Crippen LogP) is 8.67. The molecule has 0 fully saturated rings. The first kappa shape index (κ1) is 25.7. The van der Waals surface area contributed by atoms with E-state index in [0.717, 1.165) is 30.1 Å². The van der Waals surface area contributed by atoms with Gasteiger partial charge in [0.1, 0.15) is 0 Å². The van der Waals surface area contributed by atoms with Gasteiger partial charge in [-0.05, 0) is 36.2 Å². The van der Waals surface area contributed by atoms with Gasteiger partial charge in [0.2, 0.25) is 0 Å². The van der Waals surface area contributed by atoms with Crippen LogP contribution in [0.25, 0.3) is 0 Å². The summed E-state index contributed by atoms with van der Waals surface area (Å²) in [5.41, 5.74) is 1.17. The van der Waals surface area contributed by atoms with Crippen molar-refractivity contribution in [3.63, 3.8) is 0 Å². The van der Waals surface area contributed by atoms with Crippen LogP contribution in [0.2, 0.25) is 17.1 Å². The molecule has 0 bridgehead atoms. The highest BCUT2D eigenvalue weighted by Crippen LogP contribution is 2.22. The first-order valence-corrected chi connectivity index (χ1v) is 14.3. The third kappa shape index (κ3) is 11.6. The van der Waals surface area contributed by atoms with Gasteiger partial charge in [-0.2, -0.15) is 0 Å². The quantitative estimate of drug-likeness (QED) is 0.172. The maximum Gasteiger partial charge on any atom is 0.337 e. The van der Waals surface area contributed by atoms with Crippen LogP contribution in [0.3, 0.4) is 0 Å². The van der Waals surface area contributed by atoms with Crippen LogP contribution in [-0.2, 0) is 15.5 Å². The molecule has 0 saturated carbocycles. The number of hydrogen-bond donors (Lipinski definition) is 0. The van der Waals surface area contributed by atoms with Crippen molar-refractivity contribution in [3.05, 3.63) is 34.9 Å². The molecule has 0 amide bonds. The molecule has 0 spiro atoms. The van der Waals surface area contributed by atoms with E-state index in [9.17, 15) is 0 Å². The molecule has 0 aliphatic carbocycles. The molecule has 0 radical (unpaired) electrons. The molecule has 28 heavy (non-hydrogen) atoms. The molecular weight excluding hydrogens is 384 g/mol. The van der Waals surface area contributed by atoms with Crippen molar-refractivity contribution in [3.8, 4) is 0 Å². The standard InChI is InChI=1S/C24H43ClO2Si/c1-4-7-8-9-10-11-12-13-14-15-16-21-26-28(5-2,6-3)27-22-23-17-19-24(25)20-18-23/h17-20H,4-16,21-22H2,1-3H3. The summed E-state index contributed by atoms with van der Waals surface area (Å²) in [7, 11) is -2.07. The molecular formula is C24H43ClO2Si. The summed E-state index contributed by atoms with van der Waals surface area (Å²) in [5.74, 6) is 0. The van der Waals surface area contributed by atoms with Crippen molar-refractivity contribution in [2.45, 2.75) is 110 Å². The van der Waals surface area contributed by atoms with Crippen LogP contribution in [0.1, 0.15) is 97.0 Å². The van der Waals surface area contributed by atoms with E-state index in [2.05, 4.69) is 20.8 Å². The van der Waals surface area contributed by atoms with Gasteiger partial charge >= 0.3 is 8.56 Å². The first-order chi connectivity index (χ1) is 13.7. The van der Waals surface area contributed by atoms with Gasteiger partial charge < -0.3 is 8.85 Å². The van der Waals surface area contributed by atoms with Crippen LogP contribution >= 0.6 is 11.6 Å². The van der Waals surface area contributed by atoms with Crippen molar-refractivity contribution in [1.82, 2.24) is 0 Å². The fourth-order valence-electron chi connectivity index (χ4n) is 3.52. The molecule has 0 aliphatic heterocycles. The Kier molecular flexibility index (Phi) is 15.1. The Morgan fingerprint density at radius 1 is 0.679 bits per heavy atom. The molecule has 0 heterocycles. The van der Waals surface area contributed by atoms with Crippen LogP contribution in [0.4, 0.5) is 0 Å². The Morgan fingerprint density at radius 3 is 1.68 bits per heavy atom. The van der Waals surface area contributed by atoms with Crippen molar-refractivity contribution in [2.75, 3.05) is 6.61 Å². The third-order valence-electron chi connectivity index (χ3n) is 5.61. The van der Waals surface area contributed by atoms with Gasteiger partial charge in [-0.3, -0.25) is 0 Å². The lowest BCUT2D eigenvalue weighted by molar-refractivity contribution is 0.158. The summed E-state index contributed by atoms with van der Waals surface area (Å²) >= 11 is 5.96. The molecule has 0 N–H and O–H groups in total. The van der Waals surface area contributed by atoms with Gasteiger partial charge in [0.15, 0.2) is 0 Å². The van der Waals surface area contributed by atoms with Crippen molar-refractivity contribution >= 4 is 20.2 Å². The minimum absolute atomic E-state index is 0.628. The summed E-state index contributed by atoms with van der Waals surface area (Å²) in [6.45, 7) is 8.17. The van der Waals surface area contributed by atoms with Gasteiger partial charge in [0.05, 0.1) is 6.61 Å². The second kappa shape index (κ2) is 16.4. The molecule has 0 aliphatic rings. The van der Waals surface area contributed by atoms with E-state index in [1.807, 2.05) is 24.3 Å². The van der Waals surface area contributed by atoms with E-state index in [1.54, 1.807) is 0 Å². The average molecular weight is 427 g/mol. The lowest BCUT2D eigenvalue weighted by atomic mass is 10.1. The lowest BCUT2D eigenvalue weighted by Gasteiger charge is -2.29. The Labute approximate surface area is 180 Å². The number of hydrogen-bond acceptors (Lipinski definition) is 2. The smallest absolute Gasteiger partial charge is 0.337 e. The van der Waals surface area contributed by atoms with Gasteiger partial charge in [0, 0.05) is 11.6 Å². The van der Waals surface area contributed by atoms with E-state index in [0.29, 0.717) is 6.61 Å². The maximum absolute atomic E-state index is 6.35. The minimum atomic E-state index is -2.07. The molecule has 0 atom stereocenters. The van der Waals surface area contributed by atoms with E-state index in [4.69, 9.17) is 20.5 Å². The second-order valence-corrected chi connectivity index (χ2v) is 12.2. The Morgan fingerprint density at radius 2 is 1.18 bits per heavy atom. The summed E-state index contributed by atoms with van der Waals surface area (Å²) in [6.07, 6.45) is 15.0. The van der Waals surface area contributed by atoms with E-state index in [1.165, 1.54) is 69.8 Å². The molecule has 162 valence electrons. The molecule has 1 aromatic rings. The Bertz CT molecular complexity index is 474. The van der Waals surface area contributed by atoms with Crippen LogP contribution in [-0.4, -0.2) is 15.2 Å². The maximum atomic E-state index is 6.35. The lowest BCUT2D eigenvalue weighted by Crippen LogP contribution is -2.40. The highest BCUT2D eigenvalue weighted by Gasteiger charge is 2.33. The number of unbranched alkanes of at least 4 members (excludes halogenated alkanes) is 10. The SMILES string of the molecule is CCCCCCCCCCCCCO[Si](CC)(CC)OCc1ccc(Cl)cc1. The van der Waals surface area contributed by atoms with Gasteiger partial charge in [-0.1, -0.05) is 109 Å². The zero-order valence-corrected chi connectivity index (χ0v) is 20.4. The highest BCUT2D eigenvalue weighted by molar-refractivity contribution is 6.67. The molecule has 2 nitrogen and oxygen atoms in total. The Hall–Kier alpha value is -0.353. The zero-order chi connectivity index (χ0) is 20.5. The minimum Gasteiger partial charge on any atom is -0.394 e. The molecule has 0 unspecified atom stereocenters.